The maximum Gasteiger partial charge on any atom is 0.279 e. The molecule has 1 aliphatic carbocycles. The molecule has 4 rings (SSSR count). The summed E-state index contributed by atoms with van der Waals surface area (Å²) in [6, 6.07) is 13.3. The number of carbonyl (C=O) groups excluding carboxylic acids is 1. The molecule has 0 spiro atoms. The SMILES string of the molecule is O=C(NC(/C=C/c1ccccc1)c1cc([N+](=O)[O-])c2cccnc2c1O)C1CCCCC1. The number of nitro groups is 1. The summed E-state index contributed by atoms with van der Waals surface area (Å²) in [6.45, 7) is 0. The number of aromatic nitrogens is 1. The molecule has 1 atom stereocenters. The molecule has 0 saturated heterocycles. The normalized spacial score (nSPS) is 15.6. The van der Waals surface area contributed by atoms with Crippen LogP contribution in [0.15, 0.2) is 60.8 Å². The zero-order valence-electron chi connectivity index (χ0n) is 17.6. The topological polar surface area (TPSA) is 105 Å². The lowest BCUT2D eigenvalue weighted by atomic mass is 9.88. The third kappa shape index (κ3) is 4.61. The number of hydrogen-bond acceptors (Lipinski definition) is 5. The number of nitro benzene ring substituents is 1. The molecule has 0 bridgehead atoms. The predicted octanol–water partition coefficient (Wildman–Crippen LogP) is 5.30. The number of phenols is 1. The van der Waals surface area contributed by atoms with Crippen molar-refractivity contribution < 1.29 is 14.8 Å². The van der Waals surface area contributed by atoms with Crippen LogP contribution in [0.1, 0.15) is 49.3 Å². The fourth-order valence-electron chi connectivity index (χ4n) is 4.26. The lowest BCUT2D eigenvalue weighted by molar-refractivity contribution is -0.383. The van der Waals surface area contributed by atoms with Gasteiger partial charge in [0.05, 0.1) is 16.4 Å². The van der Waals surface area contributed by atoms with Gasteiger partial charge >= 0.3 is 0 Å². The van der Waals surface area contributed by atoms with Gasteiger partial charge in [0.25, 0.3) is 5.69 Å². The number of carbonyl (C=O) groups is 1. The van der Waals surface area contributed by atoms with Gasteiger partial charge in [-0.2, -0.15) is 0 Å². The molecule has 1 amide bonds. The van der Waals surface area contributed by atoms with E-state index < -0.39 is 11.0 Å². The smallest absolute Gasteiger partial charge is 0.279 e. The third-order valence-electron chi connectivity index (χ3n) is 5.96. The van der Waals surface area contributed by atoms with Crippen molar-refractivity contribution in [1.82, 2.24) is 10.3 Å². The van der Waals surface area contributed by atoms with Gasteiger partial charge in [-0.25, -0.2) is 0 Å². The fourth-order valence-corrected chi connectivity index (χ4v) is 4.26. The summed E-state index contributed by atoms with van der Waals surface area (Å²) in [4.78, 5) is 28.4. The molecule has 7 heteroatoms. The van der Waals surface area contributed by atoms with E-state index in [2.05, 4.69) is 10.3 Å². The van der Waals surface area contributed by atoms with E-state index in [9.17, 15) is 20.0 Å². The first kappa shape index (κ1) is 21.5. The summed E-state index contributed by atoms with van der Waals surface area (Å²) in [7, 11) is 0. The number of pyridine rings is 1. The summed E-state index contributed by atoms with van der Waals surface area (Å²) in [5.41, 5.74) is 1.14. The Morgan fingerprint density at radius 2 is 1.91 bits per heavy atom. The van der Waals surface area contributed by atoms with Crippen molar-refractivity contribution in [3.05, 3.63) is 82.0 Å². The first-order valence-corrected chi connectivity index (χ1v) is 10.8. The number of non-ortho nitro benzene ring substituents is 1. The highest BCUT2D eigenvalue weighted by molar-refractivity contribution is 5.94. The van der Waals surface area contributed by atoms with E-state index in [0.717, 1.165) is 37.7 Å². The molecule has 2 N–H and O–H groups in total. The van der Waals surface area contributed by atoms with E-state index in [4.69, 9.17) is 0 Å². The minimum Gasteiger partial charge on any atom is -0.505 e. The zero-order valence-corrected chi connectivity index (χ0v) is 17.6. The maximum absolute atomic E-state index is 13.0. The second-order valence-corrected chi connectivity index (χ2v) is 8.08. The highest BCUT2D eigenvalue weighted by atomic mass is 16.6. The van der Waals surface area contributed by atoms with Gasteiger partial charge < -0.3 is 10.4 Å². The van der Waals surface area contributed by atoms with Gasteiger partial charge in [0, 0.05) is 23.7 Å². The molecule has 0 aliphatic heterocycles. The van der Waals surface area contributed by atoms with Gasteiger partial charge in [-0.05, 0) is 30.5 Å². The van der Waals surface area contributed by atoms with Crippen LogP contribution in [-0.2, 0) is 4.79 Å². The largest absolute Gasteiger partial charge is 0.505 e. The fraction of sp³-hybridized carbons (Fsp3) is 0.280. The van der Waals surface area contributed by atoms with Crippen molar-refractivity contribution in [1.29, 1.82) is 0 Å². The summed E-state index contributed by atoms with van der Waals surface area (Å²) < 4.78 is 0. The van der Waals surface area contributed by atoms with E-state index >= 15 is 0 Å². The van der Waals surface area contributed by atoms with E-state index in [1.54, 1.807) is 18.2 Å². The Morgan fingerprint density at radius 1 is 1.16 bits per heavy atom. The zero-order chi connectivity index (χ0) is 22.5. The molecule has 7 nitrogen and oxygen atoms in total. The van der Waals surface area contributed by atoms with Gasteiger partial charge in [-0.15, -0.1) is 0 Å². The van der Waals surface area contributed by atoms with Crippen molar-refractivity contribution in [2.24, 2.45) is 5.92 Å². The summed E-state index contributed by atoms with van der Waals surface area (Å²) in [5.74, 6) is -0.361. The third-order valence-corrected chi connectivity index (χ3v) is 5.96. The quantitative estimate of drug-likeness (QED) is 0.407. The number of phenolic OH excluding ortho intramolecular Hbond substituents is 1. The summed E-state index contributed by atoms with van der Waals surface area (Å²) in [6.07, 6.45) is 9.87. The van der Waals surface area contributed by atoms with Crippen molar-refractivity contribution in [2.45, 2.75) is 38.1 Å². The van der Waals surface area contributed by atoms with Gasteiger partial charge in [0.2, 0.25) is 5.91 Å². The molecule has 1 aromatic heterocycles. The van der Waals surface area contributed by atoms with E-state index in [-0.39, 0.29) is 39.7 Å². The monoisotopic (exact) mass is 431 g/mol. The first-order valence-electron chi connectivity index (χ1n) is 10.8. The number of nitrogens with one attached hydrogen (secondary N) is 1. The number of fused-ring (bicyclic) bond motifs is 1. The lowest BCUT2D eigenvalue weighted by Gasteiger charge is -2.24. The van der Waals surface area contributed by atoms with Gasteiger partial charge in [0.15, 0.2) is 0 Å². The summed E-state index contributed by atoms with van der Waals surface area (Å²) in [5, 5.41) is 26.0. The number of hydrogen-bond donors (Lipinski definition) is 2. The highest BCUT2D eigenvalue weighted by Crippen LogP contribution is 2.38. The highest BCUT2D eigenvalue weighted by Gasteiger charge is 2.27. The van der Waals surface area contributed by atoms with E-state index in [1.807, 2.05) is 36.4 Å². The summed E-state index contributed by atoms with van der Waals surface area (Å²) >= 11 is 0. The van der Waals surface area contributed by atoms with Gasteiger partial charge in [-0.1, -0.05) is 61.7 Å². The van der Waals surface area contributed by atoms with Crippen molar-refractivity contribution in [3.63, 3.8) is 0 Å². The van der Waals surface area contributed by atoms with E-state index in [0.29, 0.717) is 0 Å². The standard InChI is InChI=1S/C25H25N3O4/c29-24-20(16-22(28(31)32)19-12-7-15-26-23(19)24)21(14-13-17-8-3-1-4-9-17)27-25(30)18-10-5-2-6-11-18/h1,3-4,7-9,12-16,18,21,29H,2,5-6,10-11H2,(H,27,30)/b14-13+. The van der Waals surface area contributed by atoms with Crippen LogP contribution in [0.25, 0.3) is 17.0 Å². The molecule has 164 valence electrons. The average Bonchev–Trinajstić information content (AvgIpc) is 2.83. The Bertz CT molecular complexity index is 1150. The maximum atomic E-state index is 13.0. The molecular formula is C25H25N3O4. The van der Waals surface area contributed by atoms with Crippen LogP contribution in [0.4, 0.5) is 5.69 Å². The Labute approximate surface area is 186 Å². The second kappa shape index (κ2) is 9.60. The van der Waals surface area contributed by atoms with Crippen LogP contribution >= 0.6 is 0 Å². The van der Waals surface area contributed by atoms with Crippen molar-refractivity contribution in [3.8, 4) is 5.75 Å². The van der Waals surface area contributed by atoms with Crippen LogP contribution in [-0.4, -0.2) is 20.9 Å². The van der Waals surface area contributed by atoms with Gasteiger partial charge in [0.1, 0.15) is 11.3 Å². The molecule has 0 radical (unpaired) electrons. The molecule has 2 aromatic carbocycles. The van der Waals surface area contributed by atoms with Crippen molar-refractivity contribution >= 4 is 28.6 Å². The molecule has 32 heavy (non-hydrogen) atoms. The Morgan fingerprint density at radius 3 is 2.62 bits per heavy atom. The van der Waals surface area contributed by atoms with E-state index in [1.165, 1.54) is 12.3 Å². The van der Waals surface area contributed by atoms with Crippen LogP contribution < -0.4 is 5.32 Å². The minimum atomic E-state index is -0.741. The molecule has 3 aromatic rings. The number of amides is 1. The molecule has 1 heterocycles. The Hall–Kier alpha value is -3.74. The Kier molecular flexibility index (Phi) is 6.44. The van der Waals surface area contributed by atoms with Crippen molar-refractivity contribution in [2.75, 3.05) is 0 Å². The second-order valence-electron chi connectivity index (χ2n) is 8.08. The number of aromatic hydroxyl groups is 1. The molecular weight excluding hydrogens is 406 g/mol. The molecule has 1 aliphatic rings. The predicted molar refractivity (Wildman–Crippen MR) is 123 cm³/mol. The molecule has 1 saturated carbocycles. The van der Waals surface area contributed by atoms with Crippen LogP contribution in [0.2, 0.25) is 0 Å². The molecule has 1 unspecified atom stereocenters. The lowest BCUT2D eigenvalue weighted by Crippen LogP contribution is -2.34. The Balaban J connectivity index is 1.77. The number of rotatable bonds is 6. The number of nitrogens with zero attached hydrogens (tertiary/aromatic N) is 2. The van der Waals surface area contributed by atoms with Gasteiger partial charge in [-0.3, -0.25) is 19.9 Å². The average molecular weight is 431 g/mol. The minimum absolute atomic E-state index is 0.0907. The first-order chi connectivity index (χ1) is 15.5. The van der Waals surface area contributed by atoms with Crippen LogP contribution in [0.3, 0.4) is 0 Å². The number of benzene rings is 2. The molecule has 1 fully saturated rings. The van der Waals surface area contributed by atoms with Crippen LogP contribution in [0, 0.1) is 16.0 Å². The van der Waals surface area contributed by atoms with Crippen LogP contribution in [0.5, 0.6) is 5.75 Å².